The number of carbonyl (C=O) groups is 1. The van der Waals surface area contributed by atoms with Crippen molar-refractivity contribution < 1.29 is 19.0 Å². The van der Waals surface area contributed by atoms with Crippen molar-refractivity contribution in [2.75, 3.05) is 26.6 Å². The predicted molar refractivity (Wildman–Crippen MR) is 71.1 cm³/mol. The Kier molecular flexibility index (Phi) is 4.14. The van der Waals surface area contributed by atoms with Crippen LogP contribution in [-0.2, 0) is 9.53 Å². The van der Waals surface area contributed by atoms with Crippen molar-refractivity contribution >= 4 is 11.7 Å². The summed E-state index contributed by atoms with van der Waals surface area (Å²) in [6, 6.07) is 5.30. The van der Waals surface area contributed by atoms with E-state index in [9.17, 15) is 4.79 Å². The highest BCUT2D eigenvalue weighted by Crippen LogP contribution is 2.35. The van der Waals surface area contributed by atoms with Crippen LogP contribution < -0.4 is 15.2 Å². The number of anilines is 1. The standard InChI is InChI=1S/C14H19NO4/c1-17-12-5-11(15)6-13(7-12)19-8-9-3-10(4-9)14(16)18-2/h5-7,9-10H,3-4,8,15H2,1-2H3/t9-,10+. The van der Waals surface area contributed by atoms with E-state index < -0.39 is 0 Å². The molecular formula is C14H19NO4. The van der Waals surface area contributed by atoms with Gasteiger partial charge >= 0.3 is 5.97 Å². The van der Waals surface area contributed by atoms with E-state index in [1.54, 1.807) is 25.3 Å². The Bertz CT molecular complexity index is 455. The van der Waals surface area contributed by atoms with Crippen LogP contribution in [0.1, 0.15) is 12.8 Å². The molecule has 2 rings (SSSR count). The molecular weight excluding hydrogens is 246 g/mol. The number of esters is 1. The van der Waals surface area contributed by atoms with E-state index in [0.717, 1.165) is 12.8 Å². The molecule has 0 aromatic heterocycles. The Balaban J connectivity index is 1.81. The third-order valence-electron chi connectivity index (χ3n) is 3.39. The normalized spacial score (nSPS) is 21.4. The third-order valence-corrected chi connectivity index (χ3v) is 3.39. The largest absolute Gasteiger partial charge is 0.497 e. The Morgan fingerprint density at radius 1 is 1.26 bits per heavy atom. The van der Waals surface area contributed by atoms with Gasteiger partial charge in [-0.1, -0.05) is 0 Å². The summed E-state index contributed by atoms with van der Waals surface area (Å²) < 4.78 is 15.5. The number of hydrogen-bond donors (Lipinski definition) is 1. The van der Waals surface area contributed by atoms with Crippen LogP contribution in [0.2, 0.25) is 0 Å². The fourth-order valence-corrected chi connectivity index (χ4v) is 2.24. The number of methoxy groups -OCH3 is 2. The lowest BCUT2D eigenvalue weighted by molar-refractivity contribution is -0.150. The van der Waals surface area contributed by atoms with Crippen LogP contribution >= 0.6 is 0 Å². The first-order chi connectivity index (χ1) is 9.12. The minimum absolute atomic E-state index is 0.0361. The van der Waals surface area contributed by atoms with Gasteiger partial charge in [0.2, 0.25) is 0 Å². The Morgan fingerprint density at radius 2 is 1.95 bits per heavy atom. The molecule has 0 spiro atoms. The molecule has 0 radical (unpaired) electrons. The summed E-state index contributed by atoms with van der Waals surface area (Å²) in [4.78, 5) is 11.2. The first kappa shape index (κ1) is 13.5. The molecule has 104 valence electrons. The molecule has 1 aliphatic rings. The molecule has 1 aromatic carbocycles. The molecule has 1 aromatic rings. The van der Waals surface area contributed by atoms with E-state index in [1.807, 2.05) is 0 Å². The first-order valence-corrected chi connectivity index (χ1v) is 6.27. The van der Waals surface area contributed by atoms with Crippen LogP contribution in [0.15, 0.2) is 18.2 Å². The van der Waals surface area contributed by atoms with Gasteiger partial charge in [-0.3, -0.25) is 4.79 Å². The van der Waals surface area contributed by atoms with Gasteiger partial charge in [-0.25, -0.2) is 0 Å². The number of carbonyl (C=O) groups excluding carboxylic acids is 1. The lowest BCUT2D eigenvalue weighted by Crippen LogP contribution is -2.34. The van der Waals surface area contributed by atoms with E-state index in [-0.39, 0.29) is 11.9 Å². The first-order valence-electron chi connectivity index (χ1n) is 6.27. The van der Waals surface area contributed by atoms with E-state index >= 15 is 0 Å². The molecule has 0 bridgehead atoms. The average molecular weight is 265 g/mol. The second-order valence-corrected chi connectivity index (χ2v) is 4.81. The van der Waals surface area contributed by atoms with Gasteiger partial charge in [0.1, 0.15) is 11.5 Å². The van der Waals surface area contributed by atoms with Gasteiger partial charge in [0.25, 0.3) is 0 Å². The second-order valence-electron chi connectivity index (χ2n) is 4.81. The fourth-order valence-electron chi connectivity index (χ4n) is 2.24. The molecule has 0 saturated heterocycles. The van der Waals surface area contributed by atoms with Gasteiger partial charge < -0.3 is 19.9 Å². The predicted octanol–water partition coefficient (Wildman–Crippen LogP) is 1.86. The maximum atomic E-state index is 11.2. The van der Waals surface area contributed by atoms with Crippen LogP contribution in [-0.4, -0.2) is 26.8 Å². The summed E-state index contributed by atoms with van der Waals surface area (Å²) in [5.41, 5.74) is 6.35. The molecule has 0 atom stereocenters. The summed E-state index contributed by atoms with van der Waals surface area (Å²) in [6.45, 7) is 0.583. The van der Waals surface area contributed by atoms with Gasteiger partial charge in [-0.15, -0.1) is 0 Å². The second kappa shape index (κ2) is 5.82. The summed E-state index contributed by atoms with van der Waals surface area (Å²) in [5.74, 6) is 1.68. The zero-order valence-corrected chi connectivity index (χ0v) is 11.2. The van der Waals surface area contributed by atoms with Gasteiger partial charge in [0.05, 0.1) is 26.7 Å². The summed E-state index contributed by atoms with van der Waals surface area (Å²) in [7, 11) is 3.01. The summed E-state index contributed by atoms with van der Waals surface area (Å²) >= 11 is 0. The van der Waals surface area contributed by atoms with Gasteiger partial charge in [0, 0.05) is 23.9 Å². The molecule has 1 fully saturated rings. The summed E-state index contributed by atoms with van der Waals surface area (Å²) in [6.07, 6.45) is 1.65. The average Bonchev–Trinajstić information content (AvgIpc) is 2.35. The van der Waals surface area contributed by atoms with E-state index in [4.69, 9.17) is 19.9 Å². The van der Waals surface area contributed by atoms with Crippen molar-refractivity contribution in [1.82, 2.24) is 0 Å². The van der Waals surface area contributed by atoms with Crippen molar-refractivity contribution in [3.8, 4) is 11.5 Å². The van der Waals surface area contributed by atoms with Crippen molar-refractivity contribution in [3.05, 3.63) is 18.2 Å². The molecule has 2 N–H and O–H groups in total. The van der Waals surface area contributed by atoms with E-state index in [1.165, 1.54) is 7.11 Å². The summed E-state index contributed by atoms with van der Waals surface area (Å²) in [5, 5.41) is 0. The zero-order chi connectivity index (χ0) is 13.8. The van der Waals surface area contributed by atoms with E-state index in [2.05, 4.69) is 0 Å². The smallest absolute Gasteiger partial charge is 0.308 e. The van der Waals surface area contributed by atoms with Crippen molar-refractivity contribution in [1.29, 1.82) is 0 Å². The molecule has 1 aliphatic carbocycles. The van der Waals surface area contributed by atoms with Crippen LogP contribution in [0.5, 0.6) is 11.5 Å². The Hall–Kier alpha value is -1.91. The molecule has 5 heteroatoms. The maximum absolute atomic E-state index is 11.2. The highest BCUT2D eigenvalue weighted by molar-refractivity contribution is 5.73. The molecule has 19 heavy (non-hydrogen) atoms. The van der Waals surface area contributed by atoms with Gasteiger partial charge in [-0.2, -0.15) is 0 Å². The number of rotatable bonds is 5. The topological polar surface area (TPSA) is 70.8 Å². The number of nitrogen functional groups attached to an aromatic ring is 1. The number of nitrogens with two attached hydrogens (primary N) is 1. The highest BCUT2D eigenvalue weighted by Gasteiger charge is 2.35. The van der Waals surface area contributed by atoms with Crippen LogP contribution in [0.3, 0.4) is 0 Å². The fraction of sp³-hybridized carbons (Fsp3) is 0.500. The number of ether oxygens (including phenoxy) is 3. The molecule has 0 aliphatic heterocycles. The SMILES string of the molecule is COc1cc(N)cc(OC[C@H]2C[C@@H](C(=O)OC)C2)c1. The monoisotopic (exact) mass is 265 g/mol. The molecule has 1 saturated carbocycles. The minimum Gasteiger partial charge on any atom is -0.497 e. The van der Waals surface area contributed by atoms with Gasteiger partial charge in [-0.05, 0) is 18.8 Å². The van der Waals surface area contributed by atoms with Crippen molar-refractivity contribution in [3.63, 3.8) is 0 Å². The number of hydrogen-bond acceptors (Lipinski definition) is 5. The van der Waals surface area contributed by atoms with Crippen LogP contribution in [0.25, 0.3) is 0 Å². The quantitative estimate of drug-likeness (QED) is 0.650. The van der Waals surface area contributed by atoms with Gasteiger partial charge in [0.15, 0.2) is 0 Å². The minimum atomic E-state index is -0.123. The van der Waals surface area contributed by atoms with Crippen LogP contribution in [0, 0.1) is 11.8 Å². The third kappa shape index (κ3) is 3.30. The molecule has 0 unspecified atom stereocenters. The maximum Gasteiger partial charge on any atom is 0.308 e. The number of benzene rings is 1. The van der Waals surface area contributed by atoms with Crippen molar-refractivity contribution in [2.45, 2.75) is 12.8 Å². The lowest BCUT2D eigenvalue weighted by Gasteiger charge is -2.32. The molecule has 0 amide bonds. The Morgan fingerprint density at radius 3 is 2.58 bits per heavy atom. The molecule has 5 nitrogen and oxygen atoms in total. The lowest BCUT2D eigenvalue weighted by atomic mass is 9.75. The highest BCUT2D eigenvalue weighted by atomic mass is 16.5. The van der Waals surface area contributed by atoms with Crippen LogP contribution in [0.4, 0.5) is 5.69 Å². The zero-order valence-electron chi connectivity index (χ0n) is 11.2. The van der Waals surface area contributed by atoms with Crippen molar-refractivity contribution in [2.24, 2.45) is 11.8 Å². The van der Waals surface area contributed by atoms with E-state index in [0.29, 0.717) is 29.7 Å². The Labute approximate surface area is 112 Å². The molecule has 0 heterocycles.